The van der Waals surface area contributed by atoms with E-state index in [0.29, 0.717) is 0 Å². The molecule has 90 valence electrons. The number of hydrogen-bond donors (Lipinski definition) is 0. The van der Waals surface area contributed by atoms with Gasteiger partial charge in [-0.2, -0.15) is 0 Å². The molecule has 0 amide bonds. The zero-order chi connectivity index (χ0) is 12.7. The quantitative estimate of drug-likeness (QED) is 0.712. The maximum absolute atomic E-state index is 2.44. The van der Waals surface area contributed by atoms with Crippen molar-refractivity contribution in [2.75, 3.05) is 0 Å². The fraction of sp³-hybridized carbons (Fsp3) is 0.111. The Morgan fingerprint density at radius 1 is 0.632 bits per heavy atom. The zero-order valence-corrected chi connectivity index (χ0v) is 13.4. The summed E-state index contributed by atoms with van der Waals surface area (Å²) < 4.78 is 1.47. The van der Waals surface area contributed by atoms with Gasteiger partial charge in [0.2, 0.25) is 0 Å². The molecule has 2 aromatic carbocycles. The first-order valence-corrected chi connectivity index (χ1v) is 10.0. The van der Waals surface area contributed by atoms with Crippen LogP contribution in [0.2, 0.25) is 0 Å². The summed E-state index contributed by atoms with van der Waals surface area (Å²) in [5, 5.41) is 0. The Balaban J connectivity index is 1.62. The average Bonchev–Trinajstić information content (AvgIpc) is 3.05. The Bertz CT molecular complexity index is 622. The van der Waals surface area contributed by atoms with Crippen LogP contribution in [0.3, 0.4) is 0 Å². The van der Waals surface area contributed by atoms with E-state index in [1.165, 1.54) is 11.1 Å². The fourth-order valence-electron chi connectivity index (χ4n) is 2.98. The standard InChI is InChI=1S/2C9H7.Sn/c2*1-2-5-9-7-3-6-8(9)4-1;/h2*1-7H;. The molecule has 2 radical (unpaired) electrons. The summed E-state index contributed by atoms with van der Waals surface area (Å²) in [6, 6.07) is 17.7. The topological polar surface area (TPSA) is 0 Å². The van der Waals surface area contributed by atoms with Crippen LogP contribution < -0.4 is 0 Å². The monoisotopic (exact) mass is 350 g/mol. The minimum atomic E-state index is -0.542. The molecule has 2 aliphatic carbocycles. The molecule has 0 nitrogen and oxygen atoms in total. The predicted octanol–water partition coefficient (Wildman–Crippen LogP) is 4.23. The molecule has 0 heterocycles. The predicted molar refractivity (Wildman–Crippen MR) is 82.2 cm³/mol. The van der Waals surface area contributed by atoms with Gasteiger partial charge in [-0.05, 0) is 0 Å². The van der Waals surface area contributed by atoms with Gasteiger partial charge in [0.15, 0.2) is 0 Å². The molecule has 1 heteroatoms. The Morgan fingerprint density at radius 3 is 1.63 bits per heavy atom. The van der Waals surface area contributed by atoms with E-state index < -0.39 is 21.1 Å². The van der Waals surface area contributed by atoms with Gasteiger partial charge in [0, 0.05) is 0 Å². The number of benzene rings is 2. The molecule has 0 spiro atoms. The Kier molecular flexibility index (Phi) is 2.84. The molecular formula is C18H14Sn. The van der Waals surface area contributed by atoms with E-state index in [2.05, 4.69) is 72.8 Å². The normalized spacial score (nSPS) is 22.5. The van der Waals surface area contributed by atoms with Crippen LogP contribution >= 0.6 is 0 Å². The summed E-state index contributed by atoms with van der Waals surface area (Å²) in [7, 11) is 0. The van der Waals surface area contributed by atoms with Crippen molar-refractivity contribution in [2.24, 2.45) is 0 Å². The number of rotatable bonds is 2. The first-order chi connectivity index (χ1) is 9.42. The Labute approximate surface area is 124 Å². The van der Waals surface area contributed by atoms with Gasteiger partial charge >= 0.3 is 124 Å². The summed E-state index contributed by atoms with van der Waals surface area (Å²) in [5.41, 5.74) is 5.99. The van der Waals surface area contributed by atoms with E-state index in [0.717, 1.165) is 7.87 Å². The van der Waals surface area contributed by atoms with Gasteiger partial charge in [-0.25, -0.2) is 0 Å². The van der Waals surface area contributed by atoms with Crippen LogP contribution in [0.25, 0.3) is 12.2 Å². The second-order valence-corrected chi connectivity index (χ2v) is 9.60. The van der Waals surface area contributed by atoms with Gasteiger partial charge in [0.05, 0.1) is 0 Å². The third-order valence-electron chi connectivity index (χ3n) is 3.96. The van der Waals surface area contributed by atoms with Crippen LogP contribution in [0.5, 0.6) is 0 Å². The van der Waals surface area contributed by atoms with Gasteiger partial charge in [0.25, 0.3) is 0 Å². The van der Waals surface area contributed by atoms with Crippen LogP contribution in [-0.4, -0.2) is 21.1 Å². The molecule has 4 rings (SSSR count). The SMILES string of the molecule is C1=C[CH]([Sn][CH]2C=Cc3ccccc32)c2ccccc21. The molecule has 2 aliphatic rings. The van der Waals surface area contributed by atoms with Gasteiger partial charge in [0.1, 0.15) is 0 Å². The van der Waals surface area contributed by atoms with E-state index in [1.807, 2.05) is 0 Å². The molecule has 0 bridgehead atoms. The van der Waals surface area contributed by atoms with Crippen molar-refractivity contribution >= 4 is 33.3 Å². The molecule has 19 heavy (non-hydrogen) atoms. The summed E-state index contributed by atoms with van der Waals surface area (Å²) in [5.74, 6) is 0. The molecule has 0 aliphatic heterocycles. The van der Waals surface area contributed by atoms with E-state index in [4.69, 9.17) is 0 Å². The summed E-state index contributed by atoms with van der Waals surface area (Å²) in [6.07, 6.45) is 9.49. The van der Waals surface area contributed by atoms with Crippen LogP contribution in [0.4, 0.5) is 0 Å². The van der Waals surface area contributed by atoms with Gasteiger partial charge in [-0.15, -0.1) is 0 Å². The van der Waals surface area contributed by atoms with E-state index in [-0.39, 0.29) is 0 Å². The number of allylic oxidation sites excluding steroid dienone is 2. The van der Waals surface area contributed by atoms with E-state index in [1.54, 1.807) is 11.1 Å². The van der Waals surface area contributed by atoms with Crippen molar-refractivity contribution < 1.29 is 0 Å². The average molecular weight is 349 g/mol. The molecule has 0 saturated carbocycles. The third-order valence-corrected chi connectivity index (χ3v) is 8.88. The minimum absolute atomic E-state index is 0.542. The Hall–Kier alpha value is -1.28. The molecule has 0 aromatic heterocycles. The van der Waals surface area contributed by atoms with Gasteiger partial charge in [-0.1, -0.05) is 0 Å². The van der Waals surface area contributed by atoms with Crippen molar-refractivity contribution in [3.63, 3.8) is 0 Å². The zero-order valence-electron chi connectivity index (χ0n) is 10.6. The first-order valence-electron chi connectivity index (χ1n) is 6.72. The molecule has 0 saturated heterocycles. The summed E-state index contributed by atoms with van der Waals surface area (Å²) in [6.45, 7) is 0. The maximum atomic E-state index is 2.44. The Morgan fingerprint density at radius 2 is 1.11 bits per heavy atom. The number of fused-ring (bicyclic) bond motifs is 2. The van der Waals surface area contributed by atoms with Crippen LogP contribution in [0, 0.1) is 0 Å². The number of hydrogen-bond acceptors (Lipinski definition) is 0. The molecule has 0 fully saturated rings. The molecule has 2 aromatic rings. The summed E-state index contributed by atoms with van der Waals surface area (Å²) >= 11 is -0.542. The molecule has 2 atom stereocenters. The van der Waals surface area contributed by atoms with Crippen LogP contribution in [-0.2, 0) is 0 Å². The molecule has 2 unspecified atom stereocenters. The molecule has 0 N–H and O–H groups in total. The van der Waals surface area contributed by atoms with Crippen molar-refractivity contribution in [3.05, 3.63) is 82.9 Å². The van der Waals surface area contributed by atoms with Crippen LogP contribution in [0.15, 0.2) is 60.7 Å². The van der Waals surface area contributed by atoms with Gasteiger partial charge < -0.3 is 0 Å². The second-order valence-electron chi connectivity index (χ2n) is 5.10. The summed E-state index contributed by atoms with van der Waals surface area (Å²) in [4.78, 5) is 0. The van der Waals surface area contributed by atoms with Crippen LogP contribution in [0.1, 0.15) is 30.1 Å². The third kappa shape index (κ3) is 1.98. The molecular weight excluding hydrogens is 335 g/mol. The van der Waals surface area contributed by atoms with Crippen molar-refractivity contribution in [3.8, 4) is 0 Å². The fourth-order valence-corrected chi connectivity index (χ4v) is 7.80. The van der Waals surface area contributed by atoms with Crippen molar-refractivity contribution in [2.45, 2.75) is 7.87 Å². The van der Waals surface area contributed by atoms with Crippen molar-refractivity contribution in [1.29, 1.82) is 0 Å². The first kappa shape index (κ1) is 11.5. The second kappa shape index (κ2) is 4.68. The van der Waals surface area contributed by atoms with E-state index >= 15 is 0 Å². The van der Waals surface area contributed by atoms with E-state index in [9.17, 15) is 0 Å². The van der Waals surface area contributed by atoms with Crippen molar-refractivity contribution in [1.82, 2.24) is 0 Å². The van der Waals surface area contributed by atoms with Gasteiger partial charge in [-0.3, -0.25) is 0 Å².